The van der Waals surface area contributed by atoms with Crippen LogP contribution < -0.4 is 10.5 Å². The Balaban J connectivity index is 2.14. The number of nitrogens with two attached hydrogens (primary N) is 1. The second-order valence-corrected chi connectivity index (χ2v) is 6.12. The molecule has 2 unspecified atom stereocenters. The first-order valence-corrected chi connectivity index (χ1v) is 7.56. The predicted octanol–water partition coefficient (Wildman–Crippen LogP) is 3.77. The van der Waals surface area contributed by atoms with Crippen molar-refractivity contribution in [1.29, 1.82) is 0 Å². The number of halogens is 1. The Labute approximate surface area is 118 Å². The summed E-state index contributed by atoms with van der Waals surface area (Å²) in [4.78, 5) is 0. The first-order valence-electron chi connectivity index (χ1n) is 6.77. The standard InChI is InChI=1S/C15H22BrNO/c1-18-15-7-6-14(16)9-13(15)8-11-4-2-3-5-12(11)10-17/h6-7,9,11-12H,2-5,8,10,17H2,1H3. The zero-order valence-electron chi connectivity index (χ0n) is 11.0. The highest BCUT2D eigenvalue weighted by Crippen LogP contribution is 2.34. The van der Waals surface area contributed by atoms with Gasteiger partial charge in [0.15, 0.2) is 0 Å². The fraction of sp³-hybridized carbons (Fsp3) is 0.600. The first kappa shape index (κ1) is 13.9. The van der Waals surface area contributed by atoms with Crippen LogP contribution in [0.3, 0.4) is 0 Å². The molecule has 3 heteroatoms. The van der Waals surface area contributed by atoms with Gasteiger partial charge >= 0.3 is 0 Å². The van der Waals surface area contributed by atoms with Gasteiger partial charge in [0.1, 0.15) is 5.75 Å². The molecule has 0 heterocycles. The van der Waals surface area contributed by atoms with Crippen molar-refractivity contribution in [1.82, 2.24) is 0 Å². The van der Waals surface area contributed by atoms with Gasteiger partial charge in [-0.05, 0) is 61.4 Å². The molecule has 2 nitrogen and oxygen atoms in total. The van der Waals surface area contributed by atoms with E-state index in [4.69, 9.17) is 10.5 Å². The van der Waals surface area contributed by atoms with E-state index in [1.165, 1.54) is 31.2 Å². The zero-order valence-corrected chi connectivity index (χ0v) is 12.6. The highest BCUT2D eigenvalue weighted by molar-refractivity contribution is 9.10. The van der Waals surface area contributed by atoms with Crippen LogP contribution in [0.15, 0.2) is 22.7 Å². The lowest BCUT2D eigenvalue weighted by Gasteiger charge is -2.31. The molecule has 1 aromatic carbocycles. The molecule has 0 radical (unpaired) electrons. The molecule has 2 atom stereocenters. The van der Waals surface area contributed by atoms with E-state index in [0.29, 0.717) is 11.8 Å². The van der Waals surface area contributed by atoms with Crippen LogP contribution in [-0.2, 0) is 6.42 Å². The minimum Gasteiger partial charge on any atom is -0.496 e. The molecule has 1 fully saturated rings. The van der Waals surface area contributed by atoms with Crippen molar-refractivity contribution in [3.05, 3.63) is 28.2 Å². The lowest BCUT2D eigenvalue weighted by Crippen LogP contribution is -2.28. The lowest BCUT2D eigenvalue weighted by atomic mass is 9.76. The van der Waals surface area contributed by atoms with E-state index in [1.54, 1.807) is 7.11 Å². The van der Waals surface area contributed by atoms with E-state index >= 15 is 0 Å². The van der Waals surface area contributed by atoms with Gasteiger partial charge in [-0.15, -0.1) is 0 Å². The van der Waals surface area contributed by atoms with E-state index < -0.39 is 0 Å². The molecule has 0 aromatic heterocycles. The van der Waals surface area contributed by atoms with Crippen LogP contribution in [0, 0.1) is 11.8 Å². The maximum absolute atomic E-state index is 5.91. The number of rotatable bonds is 4. The number of hydrogen-bond donors (Lipinski definition) is 1. The lowest BCUT2D eigenvalue weighted by molar-refractivity contribution is 0.240. The van der Waals surface area contributed by atoms with Crippen LogP contribution in [0.5, 0.6) is 5.75 Å². The number of methoxy groups -OCH3 is 1. The second kappa shape index (κ2) is 6.58. The van der Waals surface area contributed by atoms with E-state index in [2.05, 4.69) is 22.0 Å². The van der Waals surface area contributed by atoms with Gasteiger partial charge in [0, 0.05) is 4.47 Å². The van der Waals surface area contributed by atoms with Gasteiger partial charge in [-0.1, -0.05) is 28.8 Å². The van der Waals surface area contributed by atoms with Gasteiger partial charge in [0.25, 0.3) is 0 Å². The number of ether oxygens (including phenoxy) is 1. The fourth-order valence-electron chi connectivity index (χ4n) is 3.05. The van der Waals surface area contributed by atoms with E-state index in [0.717, 1.165) is 23.2 Å². The van der Waals surface area contributed by atoms with Crippen LogP contribution in [0.25, 0.3) is 0 Å². The molecule has 2 rings (SSSR count). The summed E-state index contributed by atoms with van der Waals surface area (Å²) in [7, 11) is 1.74. The van der Waals surface area contributed by atoms with Crippen LogP contribution >= 0.6 is 15.9 Å². The summed E-state index contributed by atoms with van der Waals surface area (Å²) >= 11 is 3.54. The minimum atomic E-state index is 0.683. The molecule has 0 spiro atoms. The van der Waals surface area contributed by atoms with Gasteiger partial charge in [-0.2, -0.15) is 0 Å². The Bertz CT molecular complexity index is 394. The van der Waals surface area contributed by atoms with Crippen molar-refractivity contribution < 1.29 is 4.74 Å². The highest BCUT2D eigenvalue weighted by atomic mass is 79.9. The zero-order chi connectivity index (χ0) is 13.0. The van der Waals surface area contributed by atoms with Gasteiger partial charge in [-0.25, -0.2) is 0 Å². The topological polar surface area (TPSA) is 35.2 Å². The summed E-state index contributed by atoms with van der Waals surface area (Å²) in [5, 5.41) is 0. The van der Waals surface area contributed by atoms with Gasteiger partial charge < -0.3 is 10.5 Å². The molecule has 1 aliphatic rings. The number of hydrogen-bond acceptors (Lipinski definition) is 2. The van der Waals surface area contributed by atoms with E-state index in [1.807, 2.05) is 12.1 Å². The summed E-state index contributed by atoms with van der Waals surface area (Å²) in [6.45, 7) is 0.820. The van der Waals surface area contributed by atoms with Crippen LogP contribution in [0.4, 0.5) is 0 Å². The van der Waals surface area contributed by atoms with Gasteiger partial charge in [0.2, 0.25) is 0 Å². The maximum atomic E-state index is 5.91. The maximum Gasteiger partial charge on any atom is 0.122 e. The fourth-order valence-corrected chi connectivity index (χ4v) is 3.46. The molecular weight excluding hydrogens is 290 g/mol. The average molecular weight is 312 g/mol. The third-order valence-corrected chi connectivity index (χ3v) is 4.59. The Hall–Kier alpha value is -0.540. The van der Waals surface area contributed by atoms with E-state index in [-0.39, 0.29) is 0 Å². The Morgan fingerprint density at radius 2 is 2.00 bits per heavy atom. The highest BCUT2D eigenvalue weighted by Gasteiger charge is 2.25. The molecule has 0 saturated heterocycles. The van der Waals surface area contributed by atoms with Crippen molar-refractivity contribution in [3.63, 3.8) is 0 Å². The number of benzene rings is 1. The molecule has 100 valence electrons. The van der Waals surface area contributed by atoms with Crippen molar-refractivity contribution in [2.45, 2.75) is 32.1 Å². The van der Waals surface area contributed by atoms with Crippen molar-refractivity contribution in [3.8, 4) is 5.75 Å². The smallest absolute Gasteiger partial charge is 0.122 e. The molecule has 2 N–H and O–H groups in total. The predicted molar refractivity (Wildman–Crippen MR) is 78.9 cm³/mol. The molecule has 18 heavy (non-hydrogen) atoms. The Morgan fingerprint density at radius 3 is 2.67 bits per heavy atom. The molecule has 0 bridgehead atoms. The Morgan fingerprint density at radius 1 is 1.28 bits per heavy atom. The summed E-state index contributed by atoms with van der Waals surface area (Å²) in [6, 6.07) is 6.25. The quantitative estimate of drug-likeness (QED) is 0.918. The molecule has 1 aromatic rings. The van der Waals surface area contributed by atoms with Crippen LogP contribution in [0.1, 0.15) is 31.2 Å². The van der Waals surface area contributed by atoms with E-state index in [9.17, 15) is 0 Å². The van der Waals surface area contributed by atoms with Crippen molar-refractivity contribution in [2.75, 3.05) is 13.7 Å². The van der Waals surface area contributed by atoms with Crippen molar-refractivity contribution in [2.24, 2.45) is 17.6 Å². The van der Waals surface area contributed by atoms with Gasteiger partial charge in [-0.3, -0.25) is 0 Å². The third-order valence-electron chi connectivity index (χ3n) is 4.09. The molecule has 0 aliphatic heterocycles. The average Bonchev–Trinajstić information content (AvgIpc) is 2.40. The normalized spacial score (nSPS) is 23.9. The summed E-state index contributed by atoms with van der Waals surface area (Å²) < 4.78 is 6.58. The molecule has 1 saturated carbocycles. The van der Waals surface area contributed by atoms with Crippen LogP contribution in [0.2, 0.25) is 0 Å². The molecule has 1 aliphatic carbocycles. The second-order valence-electron chi connectivity index (χ2n) is 5.20. The first-order chi connectivity index (χ1) is 8.74. The molecular formula is C15H22BrNO. The summed E-state index contributed by atoms with van der Waals surface area (Å²) in [5.74, 6) is 2.40. The van der Waals surface area contributed by atoms with Crippen LogP contribution in [-0.4, -0.2) is 13.7 Å². The largest absolute Gasteiger partial charge is 0.496 e. The van der Waals surface area contributed by atoms with Crippen molar-refractivity contribution >= 4 is 15.9 Å². The SMILES string of the molecule is COc1ccc(Br)cc1CC1CCCCC1CN. The summed E-state index contributed by atoms with van der Waals surface area (Å²) in [6.07, 6.45) is 6.37. The molecule has 0 amide bonds. The minimum absolute atomic E-state index is 0.683. The monoisotopic (exact) mass is 311 g/mol. The third kappa shape index (κ3) is 3.27. The Kier molecular flexibility index (Phi) is 5.07. The summed E-state index contributed by atoms with van der Waals surface area (Å²) in [5.41, 5.74) is 7.21. The van der Waals surface area contributed by atoms with Gasteiger partial charge in [0.05, 0.1) is 7.11 Å².